The van der Waals surface area contributed by atoms with Gasteiger partial charge in [0, 0.05) is 25.6 Å². The second-order valence-corrected chi connectivity index (χ2v) is 4.91. The van der Waals surface area contributed by atoms with Gasteiger partial charge in [-0.05, 0) is 24.0 Å². The quantitative estimate of drug-likeness (QED) is 0.369. The van der Waals surface area contributed by atoms with Crippen molar-refractivity contribution in [3.63, 3.8) is 0 Å². The summed E-state index contributed by atoms with van der Waals surface area (Å²) in [7, 11) is 0. The minimum absolute atomic E-state index is 0.0228. The summed E-state index contributed by atoms with van der Waals surface area (Å²) < 4.78 is 0. The van der Waals surface area contributed by atoms with E-state index in [2.05, 4.69) is 5.32 Å². The minimum Gasteiger partial charge on any atom is -0.508 e. The van der Waals surface area contributed by atoms with E-state index in [1.165, 1.54) is 18.2 Å². The number of nitrogens with one attached hydrogen (secondary N) is 1. The fraction of sp³-hybridized carbons (Fsp3) is 0.500. The molecule has 21 heavy (non-hydrogen) atoms. The van der Waals surface area contributed by atoms with Gasteiger partial charge in [-0.2, -0.15) is 0 Å². The summed E-state index contributed by atoms with van der Waals surface area (Å²) in [5, 5.41) is 48.4. The van der Waals surface area contributed by atoms with Gasteiger partial charge < -0.3 is 30.8 Å². The zero-order valence-corrected chi connectivity index (χ0v) is 11.6. The van der Waals surface area contributed by atoms with Crippen molar-refractivity contribution in [2.45, 2.75) is 18.9 Å². The number of benzene rings is 1. The SMILES string of the molecule is O=C(CC(CO)Cc1ccc(O)cc1O)NCC(O)CO. The Morgan fingerprint density at radius 3 is 2.48 bits per heavy atom. The first-order valence-electron chi connectivity index (χ1n) is 6.63. The van der Waals surface area contributed by atoms with Crippen LogP contribution in [0.25, 0.3) is 0 Å². The third-order valence-corrected chi connectivity index (χ3v) is 3.06. The number of amides is 1. The Morgan fingerprint density at radius 1 is 1.19 bits per heavy atom. The molecule has 2 atom stereocenters. The third kappa shape index (κ3) is 5.99. The molecule has 0 aromatic heterocycles. The summed E-state index contributed by atoms with van der Waals surface area (Å²) in [6.07, 6.45) is -0.712. The molecule has 0 aliphatic carbocycles. The third-order valence-electron chi connectivity index (χ3n) is 3.06. The van der Waals surface area contributed by atoms with Gasteiger partial charge in [0.05, 0.1) is 12.7 Å². The molecule has 0 fully saturated rings. The van der Waals surface area contributed by atoms with Crippen LogP contribution in [0.4, 0.5) is 0 Å². The standard InChI is InChI=1S/C14H21NO6/c16-7-9(4-14(21)15-6-12(19)8-17)3-10-1-2-11(18)5-13(10)20/h1-2,5,9,12,16-20H,3-4,6-8H2,(H,15,21). The van der Waals surface area contributed by atoms with E-state index in [9.17, 15) is 20.1 Å². The molecule has 0 saturated heterocycles. The van der Waals surface area contributed by atoms with Gasteiger partial charge in [0.25, 0.3) is 0 Å². The molecule has 7 nitrogen and oxygen atoms in total. The number of phenols is 2. The molecule has 6 N–H and O–H groups in total. The van der Waals surface area contributed by atoms with Gasteiger partial charge in [-0.15, -0.1) is 0 Å². The van der Waals surface area contributed by atoms with Gasteiger partial charge in [0.15, 0.2) is 0 Å². The van der Waals surface area contributed by atoms with E-state index < -0.39 is 18.6 Å². The van der Waals surface area contributed by atoms with Crippen molar-refractivity contribution in [1.29, 1.82) is 0 Å². The normalized spacial score (nSPS) is 13.7. The molecule has 0 spiro atoms. The van der Waals surface area contributed by atoms with Gasteiger partial charge in [0.2, 0.25) is 5.91 Å². The first-order valence-corrected chi connectivity index (χ1v) is 6.63. The summed E-state index contributed by atoms with van der Waals surface area (Å²) in [5.41, 5.74) is 0.523. The number of hydrogen-bond donors (Lipinski definition) is 6. The maximum atomic E-state index is 11.6. The lowest BCUT2D eigenvalue weighted by molar-refractivity contribution is -0.122. The van der Waals surface area contributed by atoms with Gasteiger partial charge in [-0.25, -0.2) is 0 Å². The average Bonchev–Trinajstić information content (AvgIpc) is 2.46. The Labute approximate surface area is 122 Å². The molecule has 0 heterocycles. The summed E-state index contributed by atoms with van der Waals surface area (Å²) in [6.45, 7) is -0.737. The van der Waals surface area contributed by atoms with Crippen molar-refractivity contribution in [3.05, 3.63) is 23.8 Å². The molecular weight excluding hydrogens is 278 g/mol. The zero-order chi connectivity index (χ0) is 15.8. The summed E-state index contributed by atoms with van der Waals surface area (Å²) in [5.74, 6) is -0.913. The highest BCUT2D eigenvalue weighted by atomic mass is 16.3. The topological polar surface area (TPSA) is 130 Å². The van der Waals surface area contributed by atoms with Crippen molar-refractivity contribution in [1.82, 2.24) is 5.32 Å². The number of hydrogen-bond acceptors (Lipinski definition) is 6. The van der Waals surface area contributed by atoms with E-state index >= 15 is 0 Å². The Hall–Kier alpha value is -1.83. The summed E-state index contributed by atoms with van der Waals surface area (Å²) >= 11 is 0. The van der Waals surface area contributed by atoms with Crippen LogP contribution in [0.1, 0.15) is 12.0 Å². The van der Waals surface area contributed by atoms with Crippen LogP contribution in [0, 0.1) is 5.92 Å². The van der Waals surface area contributed by atoms with Gasteiger partial charge >= 0.3 is 0 Å². The molecule has 0 saturated carbocycles. The van der Waals surface area contributed by atoms with Crippen molar-refractivity contribution < 1.29 is 30.3 Å². The Kier molecular flexibility index (Phi) is 6.93. The van der Waals surface area contributed by atoms with Crippen LogP contribution in [-0.4, -0.2) is 57.3 Å². The van der Waals surface area contributed by atoms with Crippen LogP contribution in [0.5, 0.6) is 11.5 Å². The molecular formula is C14H21NO6. The van der Waals surface area contributed by atoms with Crippen LogP contribution >= 0.6 is 0 Å². The van der Waals surface area contributed by atoms with Crippen LogP contribution in [-0.2, 0) is 11.2 Å². The largest absolute Gasteiger partial charge is 0.508 e. The van der Waals surface area contributed by atoms with Crippen LogP contribution < -0.4 is 5.32 Å². The van der Waals surface area contributed by atoms with E-state index in [-0.39, 0.29) is 43.4 Å². The Morgan fingerprint density at radius 2 is 1.90 bits per heavy atom. The lowest BCUT2D eigenvalue weighted by Gasteiger charge is -2.16. The van der Waals surface area contributed by atoms with Crippen molar-refractivity contribution in [2.75, 3.05) is 19.8 Å². The van der Waals surface area contributed by atoms with Crippen LogP contribution in [0.3, 0.4) is 0 Å². The predicted molar refractivity (Wildman–Crippen MR) is 74.8 cm³/mol. The van der Waals surface area contributed by atoms with Crippen molar-refractivity contribution in [3.8, 4) is 11.5 Å². The number of rotatable bonds is 8. The molecule has 2 unspecified atom stereocenters. The Bertz CT molecular complexity index is 465. The lowest BCUT2D eigenvalue weighted by Crippen LogP contribution is -2.35. The first kappa shape index (κ1) is 17.2. The number of carbonyl (C=O) groups excluding carboxylic acids is 1. The first-order chi connectivity index (χ1) is 9.96. The van der Waals surface area contributed by atoms with E-state index in [1.807, 2.05) is 0 Å². The smallest absolute Gasteiger partial charge is 0.220 e. The molecule has 118 valence electrons. The maximum Gasteiger partial charge on any atom is 0.220 e. The number of aliphatic hydroxyl groups excluding tert-OH is 3. The highest BCUT2D eigenvalue weighted by Crippen LogP contribution is 2.25. The lowest BCUT2D eigenvalue weighted by atomic mass is 9.96. The van der Waals surface area contributed by atoms with Gasteiger partial charge in [-0.1, -0.05) is 6.07 Å². The number of phenolic OH excluding ortho intramolecular Hbond substituents is 2. The molecule has 0 aliphatic rings. The van der Waals surface area contributed by atoms with Crippen LogP contribution in [0.15, 0.2) is 18.2 Å². The van der Waals surface area contributed by atoms with E-state index in [0.29, 0.717) is 5.56 Å². The predicted octanol–water partition coefficient (Wildman–Crippen LogP) is -0.892. The molecule has 0 bridgehead atoms. The van der Waals surface area contributed by atoms with E-state index in [4.69, 9.17) is 10.2 Å². The Balaban J connectivity index is 2.53. The monoisotopic (exact) mass is 299 g/mol. The number of carbonyl (C=O) groups is 1. The molecule has 0 radical (unpaired) electrons. The van der Waals surface area contributed by atoms with Crippen molar-refractivity contribution in [2.24, 2.45) is 5.92 Å². The average molecular weight is 299 g/mol. The summed E-state index contributed by atoms with van der Waals surface area (Å²) in [4.78, 5) is 11.6. The maximum absolute atomic E-state index is 11.6. The molecule has 1 rings (SSSR count). The molecule has 1 aromatic rings. The molecule has 0 aliphatic heterocycles. The highest BCUT2D eigenvalue weighted by molar-refractivity contribution is 5.76. The van der Waals surface area contributed by atoms with E-state index in [1.54, 1.807) is 0 Å². The molecule has 1 amide bonds. The molecule has 7 heteroatoms. The van der Waals surface area contributed by atoms with E-state index in [0.717, 1.165) is 0 Å². The van der Waals surface area contributed by atoms with Gasteiger partial charge in [0.1, 0.15) is 11.5 Å². The second-order valence-electron chi connectivity index (χ2n) is 4.91. The van der Waals surface area contributed by atoms with Gasteiger partial charge in [-0.3, -0.25) is 4.79 Å². The minimum atomic E-state index is -1.01. The zero-order valence-electron chi connectivity index (χ0n) is 11.6. The molecule has 1 aromatic carbocycles. The summed E-state index contributed by atoms with van der Waals surface area (Å²) in [6, 6.07) is 4.14. The second kappa shape index (κ2) is 8.46. The van der Waals surface area contributed by atoms with Crippen molar-refractivity contribution >= 4 is 5.91 Å². The number of aromatic hydroxyl groups is 2. The number of aliphatic hydroxyl groups is 3. The highest BCUT2D eigenvalue weighted by Gasteiger charge is 2.16. The fourth-order valence-corrected chi connectivity index (χ4v) is 1.87. The fourth-order valence-electron chi connectivity index (χ4n) is 1.87. The van der Waals surface area contributed by atoms with Crippen LogP contribution in [0.2, 0.25) is 0 Å².